The second kappa shape index (κ2) is 3.00. The zero-order valence-corrected chi connectivity index (χ0v) is 8.94. The van der Waals surface area contributed by atoms with Crippen LogP contribution in [-0.4, -0.2) is 16.2 Å². The van der Waals surface area contributed by atoms with Crippen LogP contribution in [0.15, 0.2) is 18.2 Å². The smallest absolute Gasteiger partial charge is 0.307 e. The van der Waals surface area contributed by atoms with E-state index in [0.29, 0.717) is 0 Å². The van der Waals surface area contributed by atoms with Gasteiger partial charge in [-0.3, -0.25) is 4.79 Å². The zero-order chi connectivity index (χ0) is 11.3. The molecule has 0 aliphatic heterocycles. The number of carbonyl (C=O) groups is 1. The molecule has 1 aromatic carbocycles. The molecule has 0 aromatic heterocycles. The van der Waals surface area contributed by atoms with E-state index < -0.39 is 5.97 Å². The van der Waals surface area contributed by atoms with E-state index in [-0.39, 0.29) is 17.1 Å². The van der Waals surface area contributed by atoms with Crippen molar-refractivity contribution in [2.24, 2.45) is 5.92 Å². The Morgan fingerprint density at radius 3 is 2.81 bits per heavy atom. The standard InChI is InChI=1S/C13H14O3/c14-9-2-1-8-3-5-13(11(8)7-9)6-4-10(13)12(15)16/h1-2,7,10,14H,3-6H2,(H,15,16)/t10-,13+/m0/s1. The van der Waals surface area contributed by atoms with Crippen molar-refractivity contribution in [2.75, 3.05) is 0 Å². The van der Waals surface area contributed by atoms with E-state index in [1.807, 2.05) is 6.07 Å². The Morgan fingerprint density at radius 2 is 2.19 bits per heavy atom. The van der Waals surface area contributed by atoms with Gasteiger partial charge in [0.25, 0.3) is 0 Å². The second-order valence-electron chi connectivity index (χ2n) is 4.93. The average molecular weight is 218 g/mol. The molecule has 2 aliphatic carbocycles. The van der Waals surface area contributed by atoms with E-state index in [9.17, 15) is 15.0 Å². The molecule has 3 nitrogen and oxygen atoms in total. The maximum Gasteiger partial charge on any atom is 0.307 e. The highest BCUT2D eigenvalue weighted by Crippen LogP contribution is 2.56. The second-order valence-corrected chi connectivity index (χ2v) is 4.93. The van der Waals surface area contributed by atoms with Gasteiger partial charge in [0.05, 0.1) is 5.92 Å². The molecule has 3 rings (SSSR count). The maximum atomic E-state index is 11.2. The molecule has 1 saturated carbocycles. The van der Waals surface area contributed by atoms with Crippen LogP contribution >= 0.6 is 0 Å². The minimum absolute atomic E-state index is 0.181. The topological polar surface area (TPSA) is 57.5 Å². The largest absolute Gasteiger partial charge is 0.508 e. The van der Waals surface area contributed by atoms with Gasteiger partial charge in [-0.15, -0.1) is 0 Å². The summed E-state index contributed by atoms with van der Waals surface area (Å²) in [4.78, 5) is 11.2. The predicted molar refractivity (Wildman–Crippen MR) is 58.5 cm³/mol. The number of aromatic hydroxyl groups is 1. The van der Waals surface area contributed by atoms with E-state index in [0.717, 1.165) is 31.2 Å². The van der Waals surface area contributed by atoms with Crippen LogP contribution in [0, 0.1) is 5.92 Å². The fourth-order valence-corrected chi connectivity index (χ4v) is 3.36. The van der Waals surface area contributed by atoms with Crippen molar-refractivity contribution >= 4 is 5.97 Å². The van der Waals surface area contributed by atoms with Crippen LogP contribution < -0.4 is 0 Å². The van der Waals surface area contributed by atoms with Gasteiger partial charge in [-0.05, 0) is 48.9 Å². The summed E-state index contributed by atoms with van der Waals surface area (Å²) in [6.45, 7) is 0. The number of benzene rings is 1. The number of carboxylic acids is 1. The maximum absolute atomic E-state index is 11.2. The Labute approximate surface area is 93.7 Å². The van der Waals surface area contributed by atoms with Gasteiger partial charge in [0.1, 0.15) is 5.75 Å². The highest BCUT2D eigenvalue weighted by atomic mass is 16.4. The van der Waals surface area contributed by atoms with Gasteiger partial charge in [0.2, 0.25) is 0 Å². The first kappa shape index (κ1) is 9.70. The Kier molecular flexibility index (Phi) is 1.82. The molecule has 2 atom stereocenters. The molecule has 3 heteroatoms. The highest BCUT2D eigenvalue weighted by Gasteiger charge is 2.54. The highest BCUT2D eigenvalue weighted by molar-refractivity contribution is 5.75. The predicted octanol–water partition coefficient (Wildman–Crippen LogP) is 2.07. The van der Waals surface area contributed by atoms with Crippen LogP contribution in [0.5, 0.6) is 5.75 Å². The Hall–Kier alpha value is -1.51. The molecule has 0 radical (unpaired) electrons. The molecule has 0 saturated heterocycles. The van der Waals surface area contributed by atoms with Crippen LogP contribution in [-0.2, 0) is 16.6 Å². The van der Waals surface area contributed by atoms with E-state index in [1.165, 1.54) is 5.56 Å². The Morgan fingerprint density at radius 1 is 1.38 bits per heavy atom. The lowest BCUT2D eigenvalue weighted by atomic mass is 9.57. The number of phenols is 1. The van der Waals surface area contributed by atoms with E-state index in [2.05, 4.69) is 0 Å². The molecular weight excluding hydrogens is 204 g/mol. The summed E-state index contributed by atoms with van der Waals surface area (Å²) in [6.07, 6.45) is 3.58. The average Bonchev–Trinajstić information content (AvgIpc) is 2.55. The van der Waals surface area contributed by atoms with Gasteiger partial charge in [-0.25, -0.2) is 0 Å². The summed E-state index contributed by atoms with van der Waals surface area (Å²) in [5.74, 6) is -0.700. The molecule has 2 N–H and O–H groups in total. The van der Waals surface area contributed by atoms with Crippen LogP contribution in [0.1, 0.15) is 30.4 Å². The van der Waals surface area contributed by atoms with E-state index >= 15 is 0 Å². The van der Waals surface area contributed by atoms with Crippen molar-refractivity contribution in [3.05, 3.63) is 29.3 Å². The van der Waals surface area contributed by atoms with Crippen molar-refractivity contribution in [3.63, 3.8) is 0 Å². The summed E-state index contributed by atoms with van der Waals surface area (Å²) in [6, 6.07) is 5.38. The molecule has 2 aliphatic rings. The number of carboxylic acid groups (broad SMARTS) is 1. The molecule has 0 unspecified atom stereocenters. The first-order valence-electron chi connectivity index (χ1n) is 5.69. The summed E-state index contributed by atoms with van der Waals surface area (Å²) in [7, 11) is 0. The summed E-state index contributed by atoms with van der Waals surface area (Å²) in [5.41, 5.74) is 2.11. The lowest BCUT2D eigenvalue weighted by Crippen LogP contribution is -2.46. The van der Waals surface area contributed by atoms with Gasteiger partial charge >= 0.3 is 5.97 Å². The normalized spacial score (nSPS) is 31.1. The van der Waals surface area contributed by atoms with Crippen molar-refractivity contribution in [1.29, 1.82) is 0 Å². The molecule has 84 valence electrons. The first-order valence-corrected chi connectivity index (χ1v) is 5.69. The SMILES string of the molecule is O=C(O)[C@@H]1CC[C@]12CCc1ccc(O)cc12. The quantitative estimate of drug-likeness (QED) is 0.758. The number of rotatable bonds is 1. The minimum atomic E-state index is -0.692. The molecule has 0 heterocycles. The van der Waals surface area contributed by atoms with Crippen LogP contribution in [0.25, 0.3) is 0 Å². The lowest BCUT2D eigenvalue weighted by Gasteiger charge is -2.45. The van der Waals surface area contributed by atoms with Gasteiger partial charge in [0.15, 0.2) is 0 Å². The van der Waals surface area contributed by atoms with Gasteiger partial charge < -0.3 is 10.2 Å². The molecule has 0 amide bonds. The number of aliphatic carboxylic acids is 1. The number of aryl methyl sites for hydroxylation is 1. The first-order chi connectivity index (χ1) is 7.63. The van der Waals surface area contributed by atoms with E-state index in [1.54, 1.807) is 12.1 Å². The number of fused-ring (bicyclic) bond motifs is 2. The lowest BCUT2D eigenvalue weighted by molar-refractivity contribution is -0.149. The van der Waals surface area contributed by atoms with Crippen molar-refractivity contribution in [1.82, 2.24) is 0 Å². The van der Waals surface area contributed by atoms with E-state index in [4.69, 9.17) is 0 Å². The third-order valence-electron chi connectivity index (χ3n) is 4.31. The molecular formula is C13H14O3. The number of hydrogen-bond acceptors (Lipinski definition) is 2. The monoisotopic (exact) mass is 218 g/mol. The van der Waals surface area contributed by atoms with Crippen molar-refractivity contribution < 1.29 is 15.0 Å². The molecule has 1 fully saturated rings. The fraction of sp³-hybridized carbons (Fsp3) is 0.462. The van der Waals surface area contributed by atoms with Gasteiger partial charge in [-0.2, -0.15) is 0 Å². The Bertz CT molecular complexity index is 466. The van der Waals surface area contributed by atoms with Crippen LogP contribution in [0.3, 0.4) is 0 Å². The number of hydrogen-bond donors (Lipinski definition) is 2. The van der Waals surface area contributed by atoms with Gasteiger partial charge in [-0.1, -0.05) is 6.07 Å². The number of phenolic OH excluding ortho intramolecular Hbond substituents is 1. The van der Waals surface area contributed by atoms with Crippen LogP contribution in [0.4, 0.5) is 0 Å². The third-order valence-corrected chi connectivity index (χ3v) is 4.31. The minimum Gasteiger partial charge on any atom is -0.508 e. The van der Waals surface area contributed by atoms with Crippen LogP contribution in [0.2, 0.25) is 0 Å². The zero-order valence-electron chi connectivity index (χ0n) is 8.94. The molecule has 0 bridgehead atoms. The summed E-state index contributed by atoms with van der Waals surface area (Å²) in [5, 5.41) is 18.7. The van der Waals surface area contributed by atoms with Gasteiger partial charge in [0, 0.05) is 5.41 Å². The molecule has 1 spiro atoms. The third kappa shape index (κ3) is 1.06. The summed E-state index contributed by atoms with van der Waals surface area (Å²) < 4.78 is 0. The van der Waals surface area contributed by atoms with Crippen molar-refractivity contribution in [2.45, 2.75) is 31.1 Å². The fourth-order valence-electron chi connectivity index (χ4n) is 3.36. The summed E-state index contributed by atoms with van der Waals surface area (Å²) >= 11 is 0. The molecule has 16 heavy (non-hydrogen) atoms. The Balaban J connectivity index is 2.08. The molecule has 1 aromatic rings. The van der Waals surface area contributed by atoms with Crippen molar-refractivity contribution in [3.8, 4) is 5.75 Å².